The zero-order valence-corrected chi connectivity index (χ0v) is 9.94. The van der Waals surface area contributed by atoms with Gasteiger partial charge in [-0.3, -0.25) is 4.79 Å². The van der Waals surface area contributed by atoms with E-state index >= 15 is 0 Å². The average molecular weight is 288 g/mol. The average Bonchev–Trinajstić information content (AvgIpc) is 2.24. The van der Waals surface area contributed by atoms with Crippen molar-refractivity contribution in [2.75, 3.05) is 7.11 Å². The van der Waals surface area contributed by atoms with Gasteiger partial charge in [0.25, 0.3) is 0 Å². The number of halogens is 5. The predicted octanol–water partition coefficient (Wildman–Crippen LogP) is 2.44. The van der Waals surface area contributed by atoms with Gasteiger partial charge in [0.2, 0.25) is 0 Å². The highest BCUT2D eigenvalue weighted by atomic mass is 35.5. The quantitative estimate of drug-likeness (QED) is 0.671. The Morgan fingerprint density at radius 2 is 1.94 bits per heavy atom. The lowest BCUT2D eigenvalue weighted by atomic mass is 10.00. The molecular formula is C10H10ClF4NO2. The molecule has 0 aromatic heterocycles. The minimum absolute atomic E-state index is 0. The van der Waals surface area contributed by atoms with E-state index in [2.05, 4.69) is 4.74 Å². The summed E-state index contributed by atoms with van der Waals surface area (Å²) in [6, 6.07) is 0.958. The van der Waals surface area contributed by atoms with Crippen molar-refractivity contribution < 1.29 is 27.1 Å². The Bertz CT molecular complexity index is 436. The normalized spacial score (nSPS) is 12.6. The van der Waals surface area contributed by atoms with Gasteiger partial charge in [0.15, 0.2) is 0 Å². The first kappa shape index (κ1) is 16.7. The maximum Gasteiger partial charge on any atom is 0.419 e. The number of alkyl halides is 3. The number of carbonyl (C=O) groups is 1. The van der Waals surface area contributed by atoms with Gasteiger partial charge in [0.1, 0.15) is 11.9 Å². The van der Waals surface area contributed by atoms with Gasteiger partial charge in [-0.25, -0.2) is 4.39 Å². The van der Waals surface area contributed by atoms with E-state index in [0.29, 0.717) is 6.07 Å². The van der Waals surface area contributed by atoms with Gasteiger partial charge in [-0.05, 0) is 11.6 Å². The molecule has 0 amide bonds. The van der Waals surface area contributed by atoms with Crippen molar-refractivity contribution in [1.29, 1.82) is 0 Å². The summed E-state index contributed by atoms with van der Waals surface area (Å²) in [4.78, 5) is 11.1. The highest BCUT2D eigenvalue weighted by Gasteiger charge is 2.39. The summed E-state index contributed by atoms with van der Waals surface area (Å²) < 4.78 is 55.1. The van der Waals surface area contributed by atoms with Crippen molar-refractivity contribution in [1.82, 2.24) is 0 Å². The van der Waals surface area contributed by atoms with E-state index in [4.69, 9.17) is 5.73 Å². The van der Waals surface area contributed by atoms with Crippen LogP contribution in [0.1, 0.15) is 17.2 Å². The largest absolute Gasteiger partial charge is 0.468 e. The number of ether oxygens (including phenoxy) is 1. The molecule has 18 heavy (non-hydrogen) atoms. The number of nitrogens with two attached hydrogens (primary N) is 1. The van der Waals surface area contributed by atoms with Gasteiger partial charge in [0, 0.05) is 0 Å². The molecule has 0 aliphatic heterocycles. The standard InChI is InChI=1S/C10H9F4NO2.ClH/c1-17-9(16)8(15)5-3-2-4-6(11)7(5)10(12,13)14;/h2-4,8H,15H2,1H3;1H/t8-;/m1./s1. The second kappa shape index (κ2) is 6.01. The zero-order valence-electron chi connectivity index (χ0n) is 9.12. The first-order chi connectivity index (χ1) is 7.79. The fraction of sp³-hybridized carbons (Fsp3) is 0.300. The lowest BCUT2D eigenvalue weighted by Crippen LogP contribution is -2.26. The first-order valence-corrected chi connectivity index (χ1v) is 4.48. The Morgan fingerprint density at radius 3 is 2.39 bits per heavy atom. The molecule has 1 rings (SSSR count). The van der Waals surface area contributed by atoms with Crippen molar-refractivity contribution in [3.8, 4) is 0 Å². The SMILES string of the molecule is COC(=O)[C@H](N)c1cccc(F)c1C(F)(F)F.Cl. The molecule has 0 saturated carbocycles. The third-order valence-corrected chi connectivity index (χ3v) is 2.12. The fourth-order valence-electron chi connectivity index (χ4n) is 1.35. The van der Waals surface area contributed by atoms with Crippen molar-refractivity contribution in [3.63, 3.8) is 0 Å². The van der Waals surface area contributed by atoms with Crippen LogP contribution in [0.15, 0.2) is 18.2 Å². The second-order valence-electron chi connectivity index (χ2n) is 3.20. The summed E-state index contributed by atoms with van der Waals surface area (Å²) in [5.74, 6) is -2.55. The van der Waals surface area contributed by atoms with Crippen LogP contribution < -0.4 is 5.73 Å². The van der Waals surface area contributed by atoms with Crippen molar-refractivity contribution in [2.45, 2.75) is 12.2 Å². The molecule has 0 aliphatic carbocycles. The van der Waals surface area contributed by atoms with Gasteiger partial charge in [-0.15, -0.1) is 12.4 Å². The summed E-state index contributed by atoms with van der Waals surface area (Å²) in [5, 5.41) is 0. The molecule has 0 aliphatic rings. The number of esters is 1. The molecule has 0 saturated heterocycles. The Hall–Kier alpha value is -1.34. The van der Waals surface area contributed by atoms with Crippen LogP contribution in [0, 0.1) is 5.82 Å². The van der Waals surface area contributed by atoms with Crippen LogP contribution in [0.25, 0.3) is 0 Å². The maximum absolute atomic E-state index is 13.1. The van der Waals surface area contributed by atoms with Gasteiger partial charge in [0.05, 0.1) is 12.7 Å². The molecule has 8 heteroatoms. The van der Waals surface area contributed by atoms with Crippen LogP contribution in [0.4, 0.5) is 17.6 Å². The summed E-state index contributed by atoms with van der Waals surface area (Å²) in [7, 11) is 0.981. The Balaban J connectivity index is 0.00000289. The monoisotopic (exact) mass is 287 g/mol. The van der Waals surface area contributed by atoms with Crippen LogP contribution >= 0.6 is 12.4 Å². The molecule has 3 nitrogen and oxygen atoms in total. The van der Waals surface area contributed by atoms with E-state index in [0.717, 1.165) is 19.2 Å². The number of hydrogen-bond acceptors (Lipinski definition) is 3. The number of benzene rings is 1. The molecule has 0 heterocycles. The second-order valence-corrected chi connectivity index (χ2v) is 3.20. The molecule has 1 atom stereocenters. The Kier molecular flexibility index (Phi) is 5.56. The van der Waals surface area contributed by atoms with Crippen LogP contribution in [-0.4, -0.2) is 13.1 Å². The third-order valence-electron chi connectivity index (χ3n) is 2.12. The van der Waals surface area contributed by atoms with E-state index in [1.54, 1.807) is 0 Å². The minimum atomic E-state index is -4.92. The molecule has 0 radical (unpaired) electrons. The van der Waals surface area contributed by atoms with E-state index in [-0.39, 0.29) is 12.4 Å². The molecule has 0 fully saturated rings. The van der Waals surface area contributed by atoms with Crippen LogP contribution in [0.2, 0.25) is 0 Å². The highest BCUT2D eigenvalue weighted by molar-refractivity contribution is 5.85. The fourth-order valence-corrected chi connectivity index (χ4v) is 1.35. The summed E-state index contributed by atoms with van der Waals surface area (Å²) in [5.41, 5.74) is 3.08. The molecular weight excluding hydrogens is 278 g/mol. The van der Waals surface area contributed by atoms with E-state index in [9.17, 15) is 22.4 Å². The van der Waals surface area contributed by atoms with Crippen molar-refractivity contribution >= 4 is 18.4 Å². The van der Waals surface area contributed by atoms with Gasteiger partial charge >= 0.3 is 12.1 Å². The summed E-state index contributed by atoms with van der Waals surface area (Å²) in [6.07, 6.45) is -4.92. The smallest absolute Gasteiger partial charge is 0.419 e. The molecule has 0 bridgehead atoms. The molecule has 0 spiro atoms. The molecule has 2 N–H and O–H groups in total. The first-order valence-electron chi connectivity index (χ1n) is 4.48. The van der Waals surface area contributed by atoms with Crippen LogP contribution in [-0.2, 0) is 15.7 Å². The lowest BCUT2D eigenvalue weighted by molar-refractivity contribution is -0.144. The minimum Gasteiger partial charge on any atom is -0.468 e. The predicted molar refractivity (Wildman–Crippen MR) is 57.6 cm³/mol. The zero-order chi connectivity index (χ0) is 13.2. The maximum atomic E-state index is 13.1. The number of methoxy groups -OCH3 is 1. The highest BCUT2D eigenvalue weighted by Crippen LogP contribution is 2.36. The van der Waals surface area contributed by atoms with Crippen molar-refractivity contribution in [2.24, 2.45) is 5.73 Å². The topological polar surface area (TPSA) is 52.3 Å². The van der Waals surface area contributed by atoms with Gasteiger partial charge in [-0.1, -0.05) is 12.1 Å². The molecule has 0 unspecified atom stereocenters. The molecule has 102 valence electrons. The molecule has 1 aromatic carbocycles. The van der Waals surface area contributed by atoms with Gasteiger partial charge < -0.3 is 10.5 Å². The summed E-state index contributed by atoms with van der Waals surface area (Å²) in [6.45, 7) is 0. The van der Waals surface area contributed by atoms with Gasteiger partial charge in [-0.2, -0.15) is 13.2 Å². The number of rotatable bonds is 2. The molecule has 1 aromatic rings. The van der Waals surface area contributed by atoms with Crippen LogP contribution in [0.3, 0.4) is 0 Å². The van der Waals surface area contributed by atoms with Crippen molar-refractivity contribution in [3.05, 3.63) is 35.1 Å². The third kappa shape index (κ3) is 3.33. The van der Waals surface area contributed by atoms with Crippen LogP contribution in [0.5, 0.6) is 0 Å². The van der Waals surface area contributed by atoms with E-state index in [1.807, 2.05) is 0 Å². The Labute approximate surface area is 106 Å². The number of hydrogen-bond donors (Lipinski definition) is 1. The summed E-state index contributed by atoms with van der Waals surface area (Å²) >= 11 is 0. The van der Waals surface area contributed by atoms with E-state index in [1.165, 1.54) is 0 Å². The lowest BCUT2D eigenvalue weighted by Gasteiger charge is -2.17. The number of carbonyl (C=O) groups excluding carboxylic acids is 1. The van der Waals surface area contributed by atoms with E-state index < -0.39 is 35.1 Å². The Morgan fingerprint density at radius 1 is 1.39 bits per heavy atom.